The lowest BCUT2D eigenvalue weighted by molar-refractivity contribution is 0.285. The lowest BCUT2D eigenvalue weighted by Gasteiger charge is -2.11. The second kappa shape index (κ2) is 10.5. The molecule has 2 aromatic heterocycles. The molecule has 0 N–H and O–H groups in total. The zero-order chi connectivity index (χ0) is 23.4. The van der Waals surface area contributed by atoms with E-state index >= 15 is 0 Å². The van der Waals surface area contributed by atoms with Crippen molar-refractivity contribution in [1.29, 1.82) is 0 Å². The molecular weight excluding hydrogens is 481 g/mol. The van der Waals surface area contributed by atoms with E-state index in [2.05, 4.69) is 17.0 Å². The molecule has 2 aromatic carbocycles. The van der Waals surface area contributed by atoms with Crippen LogP contribution in [0, 0.1) is 0 Å². The number of unbranched alkanes of at least 4 members (excludes halogenated alkanes) is 3. The Balaban J connectivity index is 1.59. The van der Waals surface area contributed by atoms with E-state index in [1.165, 1.54) is 28.7 Å². The minimum atomic E-state index is -0.242. The maximum Gasteiger partial charge on any atom is 0.291 e. The number of hydrogen-bond acceptors (Lipinski definition) is 6. The molecule has 0 aliphatic carbocycles. The van der Waals surface area contributed by atoms with Gasteiger partial charge in [0.15, 0.2) is 17.3 Å². The Bertz CT molecular complexity index is 1380. The highest BCUT2D eigenvalue weighted by atomic mass is 35.5. The largest absolute Gasteiger partial charge is 0.493 e. The van der Waals surface area contributed by atoms with Crippen LogP contribution in [-0.2, 0) is 0 Å². The van der Waals surface area contributed by atoms with Crippen molar-refractivity contribution < 1.29 is 9.47 Å². The van der Waals surface area contributed by atoms with Crippen molar-refractivity contribution in [3.05, 3.63) is 66.9 Å². The first-order valence-corrected chi connectivity index (χ1v) is 12.2. The molecule has 2 heterocycles. The molecule has 4 rings (SSSR count). The highest BCUT2D eigenvalue weighted by molar-refractivity contribution is 7.15. The zero-order valence-electron chi connectivity index (χ0n) is 18.3. The Kier molecular flexibility index (Phi) is 7.53. The molecule has 6 nitrogen and oxygen atoms in total. The number of fused-ring (bicyclic) bond motifs is 1. The third-order valence-electron chi connectivity index (χ3n) is 5.09. The van der Waals surface area contributed by atoms with Crippen molar-refractivity contribution in [2.24, 2.45) is 0 Å². The Hall–Kier alpha value is -2.61. The summed E-state index contributed by atoms with van der Waals surface area (Å²) in [5.74, 6) is 1.71. The average molecular weight is 504 g/mol. The van der Waals surface area contributed by atoms with Crippen LogP contribution in [0.15, 0.2) is 41.2 Å². The standard InChI is InChI=1S/C24H23Cl2N3O3S/c1-3-4-5-6-11-32-19-10-7-15(12-20(19)31-2)13-21-23(30)29-24(33-21)27-22(28-29)17-9-8-16(25)14-18(17)26/h7-10,12-14H,3-6,11H2,1-2H3. The monoisotopic (exact) mass is 503 g/mol. The van der Waals surface area contributed by atoms with E-state index in [0.717, 1.165) is 18.4 Å². The molecule has 9 heteroatoms. The topological polar surface area (TPSA) is 65.7 Å². The fourth-order valence-electron chi connectivity index (χ4n) is 3.37. The average Bonchev–Trinajstić information content (AvgIpc) is 3.33. The van der Waals surface area contributed by atoms with E-state index in [4.69, 9.17) is 32.7 Å². The Labute approximate surface area is 205 Å². The van der Waals surface area contributed by atoms with Crippen LogP contribution in [0.4, 0.5) is 0 Å². The first-order chi connectivity index (χ1) is 16.0. The molecule has 33 heavy (non-hydrogen) atoms. The number of halogens is 2. The molecule has 0 atom stereocenters. The van der Waals surface area contributed by atoms with Crippen LogP contribution in [0.3, 0.4) is 0 Å². The van der Waals surface area contributed by atoms with Crippen molar-refractivity contribution in [3.63, 3.8) is 0 Å². The quantitative estimate of drug-likeness (QED) is 0.276. The predicted molar refractivity (Wildman–Crippen MR) is 134 cm³/mol. The number of methoxy groups -OCH3 is 1. The fraction of sp³-hybridized carbons (Fsp3) is 0.292. The van der Waals surface area contributed by atoms with Crippen molar-refractivity contribution in [3.8, 4) is 22.9 Å². The van der Waals surface area contributed by atoms with Gasteiger partial charge in [-0.2, -0.15) is 9.50 Å². The van der Waals surface area contributed by atoms with Crippen LogP contribution in [0.25, 0.3) is 22.4 Å². The first-order valence-electron chi connectivity index (χ1n) is 10.7. The number of thiazole rings is 1. The lowest BCUT2D eigenvalue weighted by atomic mass is 10.2. The second-order valence-corrected chi connectivity index (χ2v) is 9.34. The minimum Gasteiger partial charge on any atom is -0.493 e. The molecule has 0 aliphatic rings. The molecule has 4 aromatic rings. The van der Waals surface area contributed by atoms with E-state index in [1.807, 2.05) is 18.2 Å². The van der Waals surface area contributed by atoms with Gasteiger partial charge in [-0.1, -0.05) is 66.8 Å². The highest BCUT2D eigenvalue weighted by Gasteiger charge is 2.15. The van der Waals surface area contributed by atoms with E-state index in [-0.39, 0.29) is 5.56 Å². The molecule has 172 valence electrons. The molecule has 0 fully saturated rings. The maximum atomic E-state index is 12.9. The van der Waals surface area contributed by atoms with Crippen molar-refractivity contribution in [2.45, 2.75) is 32.6 Å². The number of hydrogen-bond donors (Lipinski definition) is 0. The second-order valence-electron chi connectivity index (χ2n) is 7.49. The van der Waals surface area contributed by atoms with Gasteiger partial charge in [-0.3, -0.25) is 4.79 Å². The van der Waals surface area contributed by atoms with Gasteiger partial charge in [0, 0.05) is 10.6 Å². The van der Waals surface area contributed by atoms with Crippen LogP contribution in [0.5, 0.6) is 11.5 Å². The van der Waals surface area contributed by atoms with Crippen LogP contribution in [-0.4, -0.2) is 28.3 Å². The normalized spacial score (nSPS) is 11.9. The van der Waals surface area contributed by atoms with Gasteiger partial charge in [-0.05, 0) is 48.4 Å². The summed E-state index contributed by atoms with van der Waals surface area (Å²) in [5, 5.41) is 5.30. The lowest BCUT2D eigenvalue weighted by Crippen LogP contribution is -2.23. The fourth-order valence-corrected chi connectivity index (χ4v) is 4.77. The van der Waals surface area contributed by atoms with Crippen molar-refractivity contribution in [2.75, 3.05) is 13.7 Å². The molecule has 0 bridgehead atoms. The van der Waals surface area contributed by atoms with E-state index in [1.54, 1.807) is 31.4 Å². The summed E-state index contributed by atoms with van der Waals surface area (Å²) in [6, 6.07) is 10.7. The Morgan fingerprint density at radius 3 is 2.67 bits per heavy atom. The van der Waals surface area contributed by atoms with Crippen LogP contribution >= 0.6 is 34.5 Å². The van der Waals surface area contributed by atoms with Gasteiger partial charge in [0.2, 0.25) is 4.96 Å². The number of nitrogens with zero attached hydrogens (tertiary/aromatic N) is 3. The van der Waals surface area contributed by atoms with E-state index in [9.17, 15) is 4.79 Å². The summed E-state index contributed by atoms with van der Waals surface area (Å²) in [6.07, 6.45) is 6.35. The predicted octanol–water partition coefficient (Wildman–Crippen LogP) is 5.64. The number of aromatic nitrogens is 3. The Morgan fingerprint density at radius 2 is 1.94 bits per heavy atom. The molecule has 0 saturated carbocycles. The smallest absolute Gasteiger partial charge is 0.291 e. The van der Waals surface area contributed by atoms with Crippen LogP contribution in [0.1, 0.15) is 38.2 Å². The molecule has 0 amide bonds. The molecule has 0 radical (unpaired) electrons. The van der Waals surface area contributed by atoms with E-state index in [0.29, 0.717) is 49.0 Å². The maximum absolute atomic E-state index is 12.9. The third-order valence-corrected chi connectivity index (χ3v) is 6.60. The van der Waals surface area contributed by atoms with Gasteiger partial charge in [0.1, 0.15) is 0 Å². The SMILES string of the molecule is CCCCCCOc1ccc(C=c2sc3nc(-c4ccc(Cl)cc4Cl)nn3c2=O)cc1OC. The molecule has 0 spiro atoms. The summed E-state index contributed by atoms with van der Waals surface area (Å²) in [4.78, 5) is 17.9. The van der Waals surface area contributed by atoms with Gasteiger partial charge < -0.3 is 9.47 Å². The summed E-state index contributed by atoms with van der Waals surface area (Å²) in [6.45, 7) is 2.83. The van der Waals surface area contributed by atoms with Crippen molar-refractivity contribution in [1.82, 2.24) is 14.6 Å². The van der Waals surface area contributed by atoms with Gasteiger partial charge in [-0.15, -0.1) is 5.10 Å². The van der Waals surface area contributed by atoms with Gasteiger partial charge >= 0.3 is 0 Å². The molecule has 0 saturated heterocycles. The minimum absolute atomic E-state index is 0.242. The van der Waals surface area contributed by atoms with Crippen LogP contribution in [0.2, 0.25) is 10.0 Å². The summed E-state index contributed by atoms with van der Waals surface area (Å²) in [7, 11) is 1.61. The molecular formula is C24H23Cl2N3O3S. The van der Waals surface area contributed by atoms with Gasteiger partial charge in [0.25, 0.3) is 5.56 Å². The number of rotatable bonds is 9. The zero-order valence-corrected chi connectivity index (χ0v) is 20.6. The van der Waals surface area contributed by atoms with Gasteiger partial charge in [0.05, 0.1) is 23.3 Å². The van der Waals surface area contributed by atoms with Crippen LogP contribution < -0.4 is 19.6 Å². The number of benzene rings is 2. The summed E-state index contributed by atoms with van der Waals surface area (Å²) in [5.41, 5.74) is 1.21. The number of ether oxygens (including phenoxy) is 2. The third kappa shape index (κ3) is 5.32. The summed E-state index contributed by atoms with van der Waals surface area (Å²) >= 11 is 13.5. The van der Waals surface area contributed by atoms with E-state index < -0.39 is 0 Å². The van der Waals surface area contributed by atoms with Crippen molar-refractivity contribution >= 4 is 45.6 Å². The first kappa shape index (κ1) is 23.5. The Morgan fingerprint density at radius 1 is 1.09 bits per heavy atom. The molecule has 0 unspecified atom stereocenters. The van der Waals surface area contributed by atoms with Gasteiger partial charge in [-0.25, -0.2) is 0 Å². The molecule has 0 aliphatic heterocycles. The summed E-state index contributed by atoms with van der Waals surface area (Å²) < 4.78 is 13.2. The highest BCUT2D eigenvalue weighted by Crippen LogP contribution is 2.30.